The Morgan fingerprint density at radius 1 is 1.16 bits per heavy atom. The topological polar surface area (TPSA) is 60.7 Å². The number of hydrogen-bond donors (Lipinski definition) is 0. The van der Waals surface area contributed by atoms with Crippen molar-refractivity contribution in [1.82, 2.24) is 4.57 Å². The molecule has 1 unspecified atom stereocenters. The van der Waals surface area contributed by atoms with Gasteiger partial charge in [0.25, 0.3) is 5.56 Å². The van der Waals surface area contributed by atoms with Crippen LogP contribution in [0.15, 0.2) is 63.5 Å². The number of nitrogens with zero attached hydrogens (tertiary/aromatic N) is 2. The molecule has 0 spiro atoms. The van der Waals surface area contributed by atoms with Gasteiger partial charge in [0.05, 0.1) is 38.5 Å². The first-order chi connectivity index (χ1) is 15.3. The van der Waals surface area contributed by atoms with E-state index in [0.29, 0.717) is 35.7 Å². The largest absolute Gasteiger partial charge is 0.463 e. The maximum Gasteiger partial charge on any atom is 0.338 e. The quantitative estimate of drug-likeness (QED) is 0.479. The number of carbonyl (C=O) groups is 1. The van der Waals surface area contributed by atoms with Gasteiger partial charge < -0.3 is 4.74 Å². The van der Waals surface area contributed by atoms with Crippen molar-refractivity contribution >= 4 is 58.2 Å². The Hall–Kier alpha value is -2.38. The monoisotopic (exact) mass is 506 g/mol. The van der Waals surface area contributed by atoms with Gasteiger partial charge in [0.15, 0.2) is 4.80 Å². The zero-order chi connectivity index (χ0) is 23.0. The summed E-state index contributed by atoms with van der Waals surface area (Å²) < 4.78 is 7.26. The van der Waals surface area contributed by atoms with Crippen molar-refractivity contribution in [2.45, 2.75) is 19.9 Å². The fraction of sp³-hybridized carbons (Fsp3) is 0.174. The Bertz CT molecular complexity index is 1420. The van der Waals surface area contributed by atoms with Crippen molar-refractivity contribution < 1.29 is 9.53 Å². The van der Waals surface area contributed by atoms with Crippen molar-refractivity contribution in [2.75, 3.05) is 6.61 Å². The molecule has 0 saturated heterocycles. The SMILES string of the molecule is CCOC(=O)C1=C(C)N=c2s/c(=C\c3ccc(Cl)c(Cl)c3)c(=O)n2C1c1ccc(Cl)cc1. The van der Waals surface area contributed by atoms with Gasteiger partial charge in [0.2, 0.25) is 0 Å². The zero-order valence-corrected chi connectivity index (χ0v) is 20.1. The molecule has 0 fully saturated rings. The van der Waals surface area contributed by atoms with Crippen LogP contribution >= 0.6 is 46.1 Å². The number of benzene rings is 2. The minimum absolute atomic E-state index is 0.213. The van der Waals surface area contributed by atoms with Gasteiger partial charge in [-0.05, 0) is 55.3 Å². The number of esters is 1. The lowest BCUT2D eigenvalue weighted by Gasteiger charge is -2.24. The molecule has 1 aliphatic heterocycles. The maximum absolute atomic E-state index is 13.5. The van der Waals surface area contributed by atoms with Gasteiger partial charge >= 0.3 is 5.97 Å². The van der Waals surface area contributed by atoms with Gasteiger partial charge in [-0.15, -0.1) is 0 Å². The van der Waals surface area contributed by atoms with E-state index in [1.807, 2.05) is 0 Å². The standard InChI is InChI=1S/C23H17Cl3N2O3S/c1-3-31-22(30)19-12(2)27-23-28(20(19)14-5-7-15(24)8-6-14)21(29)18(32-23)11-13-4-9-16(25)17(26)10-13/h4-11,20H,3H2,1-2H3/b18-11-. The number of aromatic nitrogens is 1. The van der Waals surface area contributed by atoms with Crippen molar-refractivity contribution in [1.29, 1.82) is 0 Å². The number of fused-ring (bicyclic) bond motifs is 1. The molecule has 0 N–H and O–H groups in total. The second kappa shape index (κ2) is 9.24. The minimum atomic E-state index is -0.682. The average Bonchev–Trinajstić information content (AvgIpc) is 3.05. The minimum Gasteiger partial charge on any atom is -0.463 e. The van der Waals surface area contributed by atoms with Gasteiger partial charge in [-0.3, -0.25) is 9.36 Å². The molecule has 32 heavy (non-hydrogen) atoms. The van der Waals surface area contributed by atoms with Crippen LogP contribution in [0.2, 0.25) is 15.1 Å². The third-order valence-electron chi connectivity index (χ3n) is 4.94. The molecule has 2 aromatic carbocycles. The molecule has 0 amide bonds. The summed E-state index contributed by atoms with van der Waals surface area (Å²) in [5, 5.41) is 1.38. The number of rotatable bonds is 4. The summed E-state index contributed by atoms with van der Waals surface area (Å²) in [7, 11) is 0. The summed E-state index contributed by atoms with van der Waals surface area (Å²) >= 11 is 19.4. The van der Waals surface area contributed by atoms with E-state index in [2.05, 4.69) is 4.99 Å². The van der Waals surface area contributed by atoms with Crippen LogP contribution in [-0.2, 0) is 9.53 Å². The number of carbonyl (C=O) groups excluding carboxylic acids is 1. The van der Waals surface area contributed by atoms with Crippen molar-refractivity contribution in [3.05, 3.63) is 99.6 Å². The summed E-state index contributed by atoms with van der Waals surface area (Å²) in [5.41, 5.74) is 2.02. The first-order valence-electron chi connectivity index (χ1n) is 9.70. The van der Waals surface area contributed by atoms with E-state index >= 15 is 0 Å². The van der Waals surface area contributed by atoms with E-state index in [-0.39, 0.29) is 12.2 Å². The van der Waals surface area contributed by atoms with Crippen LogP contribution < -0.4 is 14.9 Å². The predicted molar refractivity (Wildman–Crippen MR) is 128 cm³/mol. The van der Waals surface area contributed by atoms with Crippen LogP contribution in [0.25, 0.3) is 6.08 Å². The van der Waals surface area contributed by atoms with Crippen molar-refractivity contribution in [3.8, 4) is 0 Å². The highest BCUT2D eigenvalue weighted by Gasteiger charge is 2.33. The highest BCUT2D eigenvalue weighted by molar-refractivity contribution is 7.07. The molecule has 0 saturated carbocycles. The lowest BCUT2D eigenvalue weighted by Crippen LogP contribution is -2.39. The second-order valence-electron chi connectivity index (χ2n) is 7.03. The molecule has 0 bridgehead atoms. The molecule has 0 aliphatic carbocycles. The van der Waals surface area contributed by atoms with Gasteiger partial charge in [-0.1, -0.05) is 64.3 Å². The van der Waals surface area contributed by atoms with E-state index in [1.54, 1.807) is 62.4 Å². The molecular formula is C23H17Cl3N2O3S. The van der Waals surface area contributed by atoms with Crippen LogP contribution in [0, 0.1) is 0 Å². The van der Waals surface area contributed by atoms with Crippen molar-refractivity contribution in [3.63, 3.8) is 0 Å². The third kappa shape index (κ3) is 4.28. The van der Waals surface area contributed by atoms with E-state index in [0.717, 1.165) is 11.1 Å². The van der Waals surface area contributed by atoms with Crippen LogP contribution in [0.3, 0.4) is 0 Å². The van der Waals surface area contributed by atoms with E-state index in [4.69, 9.17) is 39.5 Å². The average molecular weight is 508 g/mol. The fourth-order valence-corrected chi connectivity index (χ4v) is 4.98. The Kier molecular flexibility index (Phi) is 6.58. The molecule has 3 aromatic rings. The Balaban J connectivity index is 1.95. The zero-order valence-electron chi connectivity index (χ0n) is 17.1. The number of halogens is 3. The van der Waals surface area contributed by atoms with Gasteiger partial charge in [0.1, 0.15) is 0 Å². The summed E-state index contributed by atoms with van der Waals surface area (Å²) in [6.45, 7) is 3.69. The highest BCUT2D eigenvalue weighted by atomic mass is 35.5. The van der Waals surface area contributed by atoms with Gasteiger partial charge in [-0.25, -0.2) is 9.79 Å². The third-order valence-corrected chi connectivity index (χ3v) is 6.92. The van der Waals surface area contributed by atoms with Crippen LogP contribution in [0.5, 0.6) is 0 Å². The first kappa shape index (κ1) is 22.8. The lowest BCUT2D eigenvalue weighted by molar-refractivity contribution is -0.139. The molecule has 9 heteroatoms. The number of thiazole rings is 1. The summed E-state index contributed by atoms with van der Waals surface area (Å²) in [6.07, 6.45) is 1.73. The van der Waals surface area contributed by atoms with Crippen LogP contribution in [-0.4, -0.2) is 17.1 Å². The molecule has 5 nitrogen and oxygen atoms in total. The van der Waals surface area contributed by atoms with Crippen LogP contribution in [0.1, 0.15) is 31.0 Å². The molecule has 164 valence electrons. The summed E-state index contributed by atoms with van der Waals surface area (Å²) in [6, 6.07) is 11.5. The summed E-state index contributed by atoms with van der Waals surface area (Å²) in [5.74, 6) is -0.507. The number of allylic oxidation sites excluding steroid dienone is 1. The van der Waals surface area contributed by atoms with Gasteiger partial charge in [0, 0.05) is 5.02 Å². The van der Waals surface area contributed by atoms with E-state index < -0.39 is 12.0 Å². The Morgan fingerprint density at radius 2 is 1.88 bits per heavy atom. The van der Waals surface area contributed by atoms with Crippen LogP contribution in [0.4, 0.5) is 0 Å². The fourth-order valence-electron chi connectivity index (χ4n) is 3.51. The lowest BCUT2D eigenvalue weighted by atomic mass is 9.96. The van der Waals surface area contributed by atoms with Crippen molar-refractivity contribution in [2.24, 2.45) is 4.99 Å². The second-order valence-corrected chi connectivity index (χ2v) is 9.29. The summed E-state index contributed by atoms with van der Waals surface area (Å²) in [4.78, 5) is 31.3. The maximum atomic E-state index is 13.5. The molecule has 1 aromatic heterocycles. The first-order valence-corrected chi connectivity index (χ1v) is 11.7. The molecule has 2 heterocycles. The molecular weight excluding hydrogens is 491 g/mol. The number of ether oxygens (including phenoxy) is 1. The van der Waals surface area contributed by atoms with E-state index in [1.165, 1.54) is 15.9 Å². The van der Waals surface area contributed by atoms with E-state index in [9.17, 15) is 9.59 Å². The highest BCUT2D eigenvalue weighted by Crippen LogP contribution is 2.31. The number of hydrogen-bond acceptors (Lipinski definition) is 5. The molecule has 1 aliphatic rings. The Labute approximate surface area is 202 Å². The predicted octanol–water partition coefficient (Wildman–Crippen LogP) is 4.76. The Morgan fingerprint density at radius 3 is 2.53 bits per heavy atom. The smallest absolute Gasteiger partial charge is 0.338 e. The molecule has 1 atom stereocenters. The van der Waals surface area contributed by atoms with Gasteiger partial charge in [-0.2, -0.15) is 0 Å². The molecule has 0 radical (unpaired) electrons. The normalized spacial score (nSPS) is 16.0. The molecule has 4 rings (SSSR count).